The first-order valence-electron chi connectivity index (χ1n) is 11.4. The van der Waals surface area contributed by atoms with Crippen LogP contribution in [0.3, 0.4) is 0 Å². The van der Waals surface area contributed by atoms with E-state index in [1.54, 1.807) is 32.0 Å². The maximum Gasteiger partial charge on any atom is 0.271 e. The van der Waals surface area contributed by atoms with Crippen LogP contribution in [0.2, 0.25) is 0 Å². The number of thiazole rings is 1. The minimum Gasteiger partial charge on any atom is -0.386 e. The normalized spacial score (nSPS) is 19.2. The molecule has 0 saturated heterocycles. The molecule has 8 heteroatoms. The van der Waals surface area contributed by atoms with Gasteiger partial charge in [0.2, 0.25) is 0 Å². The van der Waals surface area contributed by atoms with E-state index in [0.717, 1.165) is 48.6 Å². The molecule has 34 heavy (non-hydrogen) atoms. The number of nitrogens with zero attached hydrogens (tertiary/aromatic N) is 1. The zero-order valence-corrected chi connectivity index (χ0v) is 20.2. The van der Waals surface area contributed by atoms with Crippen molar-refractivity contribution in [3.8, 4) is 0 Å². The van der Waals surface area contributed by atoms with Crippen molar-refractivity contribution in [1.29, 1.82) is 0 Å². The molecule has 1 fully saturated rings. The van der Waals surface area contributed by atoms with Gasteiger partial charge in [-0.05, 0) is 57.7 Å². The monoisotopic (exact) mass is 486 g/mol. The Morgan fingerprint density at radius 3 is 2.41 bits per heavy atom. The Morgan fingerprint density at radius 1 is 1.12 bits per heavy atom. The van der Waals surface area contributed by atoms with Crippen LogP contribution in [0, 0.1) is 5.92 Å². The number of hydrogen-bond acceptors (Lipinski definition) is 5. The summed E-state index contributed by atoms with van der Waals surface area (Å²) >= 11 is 1.52. The first-order chi connectivity index (χ1) is 16.0. The summed E-state index contributed by atoms with van der Waals surface area (Å²) in [6.45, 7) is 3.97. The Kier molecular flexibility index (Phi) is 6.57. The van der Waals surface area contributed by atoms with Crippen molar-refractivity contribution in [2.45, 2.75) is 63.9 Å². The second-order valence-electron chi connectivity index (χ2n) is 9.61. The molecule has 0 bridgehead atoms. The average molecular weight is 487 g/mol. The molecule has 5 nitrogen and oxygen atoms in total. The summed E-state index contributed by atoms with van der Waals surface area (Å²) in [7, 11) is 0. The van der Waals surface area contributed by atoms with Gasteiger partial charge in [-0.25, -0.2) is 13.8 Å². The minimum absolute atomic E-state index is 0.117. The van der Waals surface area contributed by atoms with Gasteiger partial charge in [0.25, 0.3) is 11.8 Å². The van der Waals surface area contributed by atoms with Crippen LogP contribution in [0.25, 0.3) is 10.2 Å². The molecule has 180 valence electrons. The number of hydrogen-bond donors (Lipinski definition) is 2. The third kappa shape index (κ3) is 5.03. The van der Waals surface area contributed by atoms with Crippen LogP contribution >= 0.6 is 11.3 Å². The Bertz CT molecular complexity index is 1220. The third-order valence-electron chi connectivity index (χ3n) is 6.41. The molecule has 1 amide bonds. The van der Waals surface area contributed by atoms with E-state index in [0.29, 0.717) is 16.8 Å². The number of aldehydes is 1. The summed E-state index contributed by atoms with van der Waals surface area (Å²) in [5, 5.41) is 14.5. The van der Waals surface area contributed by atoms with Gasteiger partial charge in [-0.3, -0.25) is 4.79 Å². The number of aromatic nitrogens is 1. The molecule has 3 aromatic rings. The summed E-state index contributed by atoms with van der Waals surface area (Å²) < 4.78 is 29.0. The number of carbonyl (C=O) groups is 2. The van der Waals surface area contributed by atoms with Crippen molar-refractivity contribution >= 4 is 39.4 Å². The summed E-state index contributed by atoms with van der Waals surface area (Å²) in [6, 6.07) is 9.13. The molecule has 4 rings (SSSR count). The zero-order chi connectivity index (χ0) is 24.7. The summed E-state index contributed by atoms with van der Waals surface area (Å²) in [6.07, 6.45) is 4.52. The van der Waals surface area contributed by atoms with Crippen molar-refractivity contribution < 1.29 is 23.5 Å². The van der Waals surface area contributed by atoms with Gasteiger partial charge in [-0.15, -0.1) is 11.3 Å². The number of carbonyl (C=O) groups excluding carboxylic acids is 2. The number of alkyl halides is 2. The van der Waals surface area contributed by atoms with Crippen LogP contribution in [-0.2, 0) is 16.3 Å². The van der Waals surface area contributed by atoms with Crippen LogP contribution in [0.5, 0.6) is 0 Å². The number of rotatable bonds is 6. The lowest BCUT2D eigenvalue weighted by atomic mass is 9.83. The van der Waals surface area contributed by atoms with E-state index in [9.17, 15) is 23.5 Å². The highest BCUT2D eigenvalue weighted by Crippen LogP contribution is 2.41. The molecule has 0 unspecified atom stereocenters. The first-order valence-corrected chi connectivity index (χ1v) is 12.2. The van der Waals surface area contributed by atoms with Gasteiger partial charge in [0.05, 0.1) is 20.8 Å². The van der Waals surface area contributed by atoms with Gasteiger partial charge in [0.15, 0.2) is 0 Å². The average Bonchev–Trinajstić information content (AvgIpc) is 3.20. The van der Waals surface area contributed by atoms with E-state index >= 15 is 0 Å². The molecule has 1 aromatic heterocycles. The fourth-order valence-corrected chi connectivity index (χ4v) is 5.69. The highest BCUT2D eigenvalue weighted by Gasteiger charge is 2.31. The Balaban J connectivity index is 1.70. The van der Waals surface area contributed by atoms with Crippen molar-refractivity contribution in [3.05, 3.63) is 58.1 Å². The highest BCUT2D eigenvalue weighted by molar-refractivity contribution is 7.18. The fourth-order valence-electron chi connectivity index (χ4n) is 4.53. The minimum atomic E-state index is -3.17. The molecule has 1 aliphatic rings. The van der Waals surface area contributed by atoms with Crippen LogP contribution in [0.15, 0.2) is 36.4 Å². The SMILES string of the molecule is CC(C)(O)c1cc2nc(C3CCC(C=O)CC3)sc2cc1NC(=O)c1ccccc1C(C)(F)F. The molecule has 1 heterocycles. The molecule has 1 saturated carbocycles. The van der Waals surface area contributed by atoms with Gasteiger partial charge in [-0.1, -0.05) is 18.2 Å². The second-order valence-corrected chi connectivity index (χ2v) is 10.7. The van der Waals surface area contributed by atoms with Crippen LogP contribution in [-0.4, -0.2) is 22.3 Å². The van der Waals surface area contributed by atoms with Gasteiger partial charge in [-0.2, -0.15) is 0 Å². The smallest absolute Gasteiger partial charge is 0.271 e. The lowest BCUT2D eigenvalue weighted by molar-refractivity contribution is -0.111. The molecule has 1 aliphatic carbocycles. The summed E-state index contributed by atoms with van der Waals surface area (Å²) in [5.41, 5.74) is -0.238. The number of anilines is 1. The van der Waals surface area contributed by atoms with E-state index in [1.807, 2.05) is 0 Å². The van der Waals surface area contributed by atoms with Crippen molar-refractivity contribution in [1.82, 2.24) is 4.98 Å². The van der Waals surface area contributed by atoms with Crippen LogP contribution in [0.4, 0.5) is 14.5 Å². The number of halogens is 2. The van der Waals surface area contributed by atoms with Gasteiger partial charge >= 0.3 is 0 Å². The quantitative estimate of drug-likeness (QED) is 0.397. The molecule has 2 N–H and O–H groups in total. The third-order valence-corrected chi connectivity index (χ3v) is 7.59. The van der Waals surface area contributed by atoms with Gasteiger partial charge < -0.3 is 15.2 Å². The van der Waals surface area contributed by atoms with E-state index in [4.69, 9.17) is 4.98 Å². The topological polar surface area (TPSA) is 79.3 Å². The molecule has 0 aliphatic heterocycles. The zero-order valence-electron chi connectivity index (χ0n) is 19.4. The summed E-state index contributed by atoms with van der Waals surface area (Å²) in [4.78, 5) is 28.9. The number of aliphatic hydroxyl groups is 1. The largest absolute Gasteiger partial charge is 0.386 e. The van der Waals surface area contributed by atoms with Gasteiger partial charge in [0, 0.05) is 41.1 Å². The van der Waals surface area contributed by atoms with E-state index < -0.39 is 17.4 Å². The van der Waals surface area contributed by atoms with Gasteiger partial charge in [0.1, 0.15) is 6.29 Å². The predicted octanol–water partition coefficient (Wildman–Crippen LogP) is 6.36. The molecule has 0 radical (unpaired) electrons. The second kappa shape index (κ2) is 9.15. The Hall–Kier alpha value is -2.71. The van der Waals surface area contributed by atoms with Crippen molar-refractivity contribution in [3.63, 3.8) is 0 Å². The maximum absolute atomic E-state index is 14.1. The maximum atomic E-state index is 14.1. The standard InChI is InChI=1S/C26H28F2N2O3S/c1-25(2,33)19-12-21-22(34-24(30-21)16-10-8-15(14-31)9-11-16)13-20(19)29-23(32)17-6-4-5-7-18(17)26(3,27)28/h4-7,12-16,33H,8-11H2,1-3H3,(H,29,32). The lowest BCUT2D eigenvalue weighted by Gasteiger charge is -2.23. The number of nitrogens with one attached hydrogen (secondary N) is 1. The van der Waals surface area contributed by atoms with Crippen LogP contribution < -0.4 is 5.32 Å². The number of benzene rings is 2. The predicted molar refractivity (Wildman–Crippen MR) is 130 cm³/mol. The van der Waals surface area contributed by atoms with E-state index in [1.165, 1.54) is 29.5 Å². The molecule has 0 spiro atoms. The number of amides is 1. The lowest BCUT2D eigenvalue weighted by Crippen LogP contribution is -2.23. The summed E-state index contributed by atoms with van der Waals surface area (Å²) in [5.74, 6) is -3.45. The van der Waals surface area contributed by atoms with Crippen molar-refractivity contribution in [2.24, 2.45) is 5.92 Å². The first kappa shape index (κ1) is 24.4. The molecule has 2 aromatic carbocycles. The Labute approximate surface area is 201 Å². The Morgan fingerprint density at radius 2 is 1.79 bits per heavy atom. The number of fused-ring (bicyclic) bond motifs is 1. The van der Waals surface area contributed by atoms with E-state index in [-0.39, 0.29) is 23.0 Å². The van der Waals surface area contributed by atoms with E-state index in [2.05, 4.69) is 5.32 Å². The van der Waals surface area contributed by atoms with Crippen molar-refractivity contribution in [2.75, 3.05) is 5.32 Å². The van der Waals surface area contributed by atoms with Crippen LogP contribution in [0.1, 0.15) is 78.9 Å². The molecular formula is C26H28F2N2O3S. The fraction of sp³-hybridized carbons (Fsp3) is 0.423. The molecule has 0 atom stereocenters. The molecular weight excluding hydrogens is 458 g/mol. The highest BCUT2D eigenvalue weighted by atomic mass is 32.1.